The second-order valence-corrected chi connectivity index (χ2v) is 11.3. The number of aromatic nitrogens is 3. The Balaban J connectivity index is 1.40. The summed E-state index contributed by atoms with van der Waals surface area (Å²) in [5.41, 5.74) is 1.16. The van der Waals surface area contributed by atoms with Crippen LogP contribution < -0.4 is 10.9 Å². The number of carbonyl (C=O) groups excluding carboxylic acids is 1. The van der Waals surface area contributed by atoms with Gasteiger partial charge in [-0.1, -0.05) is 29.3 Å². The lowest BCUT2D eigenvalue weighted by Gasteiger charge is -2.18. The number of benzene rings is 1. The van der Waals surface area contributed by atoms with Crippen LogP contribution in [0.5, 0.6) is 0 Å². The average molecular weight is 581 g/mol. The highest BCUT2D eigenvalue weighted by atomic mass is 35.5. The Hall–Kier alpha value is -3.62. The zero-order valence-electron chi connectivity index (χ0n) is 21.6. The van der Waals surface area contributed by atoms with Gasteiger partial charge in [0.2, 0.25) is 0 Å². The van der Waals surface area contributed by atoms with Crippen molar-refractivity contribution in [2.24, 2.45) is 0 Å². The zero-order valence-corrected chi connectivity index (χ0v) is 23.2. The van der Waals surface area contributed by atoms with E-state index < -0.39 is 23.1 Å². The van der Waals surface area contributed by atoms with Crippen molar-refractivity contribution >= 4 is 29.1 Å². The number of hydrogen-bond acceptors (Lipinski definition) is 4. The van der Waals surface area contributed by atoms with E-state index in [2.05, 4.69) is 15.3 Å². The molecule has 0 radical (unpaired) electrons. The number of pyridine rings is 3. The molecule has 1 N–H and O–H groups in total. The summed E-state index contributed by atoms with van der Waals surface area (Å²) < 4.78 is 32.9. The molecule has 0 spiro atoms. The van der Waals surface area contributed by atoms with Gasteiger partial charge in [0.15, 0.2) is 5.82 Å². The van der Waals surface area contributed by atoms with E-state index in [0.717, 1.165) is 24.8 Å². The van der Waals surface area contributed by atoms with Gasteiger partial charge in [0.25, 0.3) is 11.5 Å². The predicted molar refractivity (Wildman–Crippen MR) is 150 cm³/mol. The second-order valence-electron chi connectivity index (χ2n) is 10.4. The SMILES string of the molecule is Cc1cnc(-c2cccc(C(=O)NC3CC3)c2F)c(F)c1-n1c(C)cc([C@H]2C[C@@H]2c2cncc(Cl)c2)c(Cl)c1=O. The van der Waals surface area contributed by atoms with E-state index in [1.165, 1.54) is 29.0 Å². The van der Waals surface area contributed by atoms with Crippen LogP contribution in [-0.4, -0.2) is 26.5 Å². The predicted octanol–water partition coefficient (Wildman–Crippen LogP) is 6.66. The van der Waals surface area contributed by atoms with Crippen molar-refractivity contribution in [2.75, 3.05) is 0 Å². The van der Waals surface area contributed by atoms with Crippen LogP contribution in [-0.2, 0) is 0 Å². The van der Waals surface area contributed by atoms with Crippen LogP contribution in [0.4, 0.5) is 8.78 Å². The molecule has 2 saturated carbocycles. The number of halogens is 4. The summed E-state index contributed by atoms with van der Waals surface area (Å²) in [6, 6.07) is 7.85. The van der Waals surface area contributed by atoms with E-state index in [-0.39, 0.29) is 45.4 Å². The maximum atomic E-state index is 16.2. The van der Waals surface area contributed by atoms with Gasteiger partial charge >= 0.3 is 0 Å². The third-order valence-electron chi connectivity index (χ3n) is 7.52. The molecular weight excluding hydrogens is 557 g/mol. The summed E-state index contributed by atoms with van der Waals surface area (Å²) >= 11 is 12.7. The molecule has 1 aromatic carbocycles. The second kappa shape index (κ2) is 10.1. The molecule has 6 nitrogen and oxygen atoms in total. The summed E-state index contributed by atoms with van der Waals surface area (Å²) in [7, 11) is 0. The molecule has 0 bridgehead atoms. The first-order valence-corrected chi connectivity index (χ1v) is 13.7. The van der Waals surface area contributed by atoms with E-state index in [1.54, 1.807) is 32.3 Å². The fourth-order valence-corrected chi connectivity index (χ4v) is 5.69. The summed E-state index contributed by atoms with van der Waals surface area (Å²) in [6.07, 6.45) is 7.16. The van der Waals surface area contributed by atoms with E-state index in [0.29, 0.717) is 21.8 Å². The van der Waals surface area contributed by atoms with Crippen molar-refractivity contribution in [2.45, 2.75) is 51.0 Å². The molecule has 6 rings (SSSR count). The fourth-order valence-electron chi connectivity index (χ4n) is 5.23. The Kier molecular flexibility index (Phi) is 6.71. The fraction of sp³-hybridized carbons (Fsp3) is 0.267. The van der Waals surface area contributed by atoms with Crippen molar-refractivity contribution in [3.05, 3.63) is 109 Å². The minimum absolute atomic E-state index is 0.00447. The lowest BCUT2D eigenvalue weighted by atomic mass is 10.0. The van der Waals surface area contributed by atoms with E-state index in [9.17, 15) is 9.59 Å². The van der Waals surface area contributed by atoms with E-state index >= 15 is 8.78 Å². The first-order chi connectivity index (χ1) is 19.2. The molecule has 1 amide bonds. The smallest absolute Gasteiger partial charge is 0.274 e. The van der Waals surface area contributed by atoms with Gasteiger partial charge in [0, 0.05) is 35.9 Å². The van der Waals surface area contributed by atoms with E-state index in [4.69, 9.17) is 23.2 Å². The maximum absolute atomic E-state index is 16.2. The highest BCUT2D eigenvalue weighted by Crippen LogP contribution is 2.56. The van der Waals surface area contributed by atoms with Gasteiger partial charge in [0.1, 0.15) is 16.5 Å². The van der Waals surface area contributed by atoms with Crippen molar-refractivity contribution < 1.29 is 13.6 Å². The van der Waals surface area contributed by atoms with Crippen molar-refractivity contribution in [3.63, 3.8) is 0 Å². The molecule has 204 valence electrons. The third kappa shape index (κ3) is 4.69. The van der Waals surface area contributed by atoms with Crippen LogP contribution in [0.15, 0.2) is 53.7 Å². The van der Waals surface area contributed by atoms with Crippen molar-refractivity contribution in [1.82, 2.24) is 19.9 Å². The Bertz CT molecular complexity index is 1750. The van der Waals surface area contributed by atoms with Gasteiger partial charge in [-0.05, 0) is 85.9 Å². The monoisotopic (exact) mass is 580 g/mol. The van der Waals surface area contributed by atoms with Crippen molar-refractivity contribution in [3.8, 4) is 16.9 Å². The van der Waals surface area contributed by atoms with Crippen LogP contribution in [0.3, 0.4) is 0 Å². The molecule has 2 aliphatic carbocycles. The molecule has 0 saturated heterocycles. The number of aryl methyl sites for hydroxylation is 2. The maximum Gasteiger partial charge on any atom is 0.274 e. The van der Waals surface area contributed by atoms with Gasteiger partial charge < -0.3 is 5.32 Å². The van der Waals surface area contributed by atoms with Gasteiger partial charge in [-0.3, -0.25) is 24.1 Å². The first-order valence-electron chi connectivity index (χ1n) is 12.9. The lowest BCUT2D eigenvalue weighted by molar-refractivity contribution is 0.0947. The number of carbonyl (C=O) groups is 1. The first kappa shape index (κ1) is 26.6. The summed E-state index contributed by atoms with van der Waals surface area (Å²) in [4.78, 5) is 34.4. The van der Waals surface area contributed by atoms with Crippen LogP contribution in [0.25, 0.3) is 16.9 Å². The molecule has 2 fully saturated rings. The Morgan fingerprint density at radius 1 is 1.05 bits per heavy atom. The standard InChI is InChI=1S/C30H24Cl2F2N4O2/c1-14-11-36-27(19-4-3-5-20(25(19)33)29(39)37-18-6-7-18)26(34)28(14)38-15(2)8-23(24(32)30(38)40)22-10-21(22)16-9-17(31)13-35-12-16/h3-5,8-9,11-13,18,21-22H,6-7,10H2,1-2H3,(H,37,39)/t21-,22+/m1/s1. The summed E-state index contributed by atoms with van der Waals surface area (Å²) in [5, 5.41) is 3.27. The zero-order chi connectivity index (χ0) is 28.3. The third-order valence-corrected chi connectivity index (χ3v) is 8.10. The van der Waals surface area contributed by atoms with Crippen LogP contribution in [0, 0.1) is 25.5 Å². The van der Waals surface area contributed by atoms with E-state index in [1.807, 2.05) is 6.07 Å². The number of amides is 1. The summed E-state index contributed by atoms with van der Waals surface area (Å²) in [5.74, 6) is -2.20. The van der Waals surface area contributed by atoms with Gasteiger partial charge in [-0.2, -0.15) is 0 Å². The van der Waals surface area contributed by atoms with Gasteiger partial charge in [-0.15, -0.1) is 0 Å². The topological polar surface area (TPSA) is 76.9 Å². The Labute approximate surface area is 239 Å². The quantitative estimate of drug-likeness (QED) is 0.276. The summed E-state index contributed by atoms with van der Waals surface area (Å²) in [6.45, 7) is 3.31. The molecule has 0 aliphatic heterocycles. The largest absolute Gasteiger partial charge is 0.349 e. The Morgan fingerprint density at radius 2 is 1.82 bits per heavy atom. The van der Waals surface area contributed by atoms with Gasteiger partial charge in [0.05, 0.1) is 16.3 Å². The lowest BCUT2D eigenvalue weighted by Crippen LogP contribution is -2.26. The molecule has 4 aromatic rings. The Morgan fingerprint density at radius 3 is 2.55 bits per heavy atom. The molecule has 3 aromatic heterocycles. The minimum atomic E-state index is -0.887. The highest BCUT2D eigenvalue weighted by molar-refractivity contribution is 6.31. The molecule has 10 heteroatoms. The van der Waals surface area contributed by atoms with Crippen LogP contribution in [0.2, 0.25) is 10.0 Å². The molecule has 0 unspecified atom stereocenters. The number of nitrogens with one attached hydrogen (secondary N) is 1. The molecular formula is C30H24Cl2F2N4O2. The molecule has 2 atom stereocenters. The van der Waals surface area contributed by atoms with Crippen LogP contribution in [0.1, 0.15) is 63.8 Å². The number of rotatable bonds is 6. The van der Waals surface area contributed by atoms with Crippen LogP contribution >= 0.6 is 23.2 Å². The molecule has 2 aliphatic rings. The normalized spacial score (nSPS) is 18.1. The molecule has 40 heavy (non-hydrogen) atoms. The number of nitrogens with zero attached hydrogens (tertiary/aromatic N) is 3. The highest BCUT2D eigenvalue weighted by Gasteiger charge is 2.42. The molecule has 3 heterocycles. The van der Waals surface area contributed by atoms with Gasteiger partial charge in [-0.25, -0.2) is 8.78 Å². The minimum Gasteiger partial charge on any atom is -0.349 e. The van der Waals surface area contributed by atoms with Crippen molar-refractivity contribution in [1.29, 1.82) is 0 Å². The number of hydrogen-bond donors (Lipinski definition) is 1. The average Bonchev–Trinajstić information content (AvgIpc) is 3.85.